The van der Waals surface area contributed by atoms with Crippen molar-refractivity contribution in [3.8, 4) is 0 Å². The van der Waals surface area contributed by atoms with E-state index >= 15 is 0 Å². The summed E-state index contributed by atoms with van der Waals surface area (Å²) in [5.74, 6) is 0. The Morgan fingerprint density at radius 3 is 2.52 bits per heavy atom. The summed E-state index contributed by atoms with van der Waals surface area (Å²) in [6.07, 6.45) is 10.4. The average Bonchev–Trinajstić information content (AvgIpc) is 3.08. The minimum atomic E-state index is 0.722. The summed E-state index contributed by atoms with van der Waals surface area (Å²) in [5.41, 5.74) is 2.94. The van der Waals surface area contributed by atoms with Crippen molar-refractivity contribution in [3.05, 3.63) is 29.8 Å². The van der Waals surface area contributed by atoms with Crippen LogP contribution in [0.25, 0.3) is 0 Å². The number of rotatable bonds is 5. The Bertz CT molecular complexity index is 435. The molecule has 1 aliphatic carbocycles. The second-order valence-corrected chi connectivity index (χ2v) is 7.55. The van der Waals surface area contributed by atoms with E-state index in [1.54, 1.807) is 0 Å². The fourth-order valence-electron chi connectivity index (χ4n) is 3.68. The smallest absolute Gasteiger partial charge is 0.0411 e. The number of thioether (sulfide) groups is 1. The van der Waals surface area contributed by atoms with Gasteiger partial charge in [0.1, 0.15) is 0 Å². The highest BCUT2D eigenvalue weighted by atomic mass is 32.2. The molecule has 116 valence electrons. The van der Waals surface area contributed by atoms with Crippen LogP contribution < -0.4 is 10.2 Å². The summed E-state index contributed by atoms with van der Waals surface area (Å²) in [5, 5.41) is 4.71. The molecule has 1 heterocycles. The van der Waals surface area contributed by atoms with E-state index in [0.29, 0.717) is 0 Å². The predicted molar refractivity (Wildman–Crippen MR) is 94.3 cm³/mol. The first-order chi connectivity index (χ1) is 10.4. The highest BCUT2D eigenvalue weighted by Gasteiger charge is 2.21. The van der Waals surface area contributed by atoms with Crippen LogP contribution in [0.2, 0.25) is 0 Å². The highest BCUT2D eigenvalue weighted by Crippen LogP contribution is 2.28. The van der Waals surface area contributed by atoms with E-state index in [1.807, 2.05) is 11.8 Å². The minimum absolute atomic E-state index is 0.722. The Kier molecular flexibility index (Phi) is 5.48. The third-order valence-corrected chi connectivity index (χ3v) is 6.17. The van der Waals surface area contributed by atoms with Gasteiger partial charge in [0.05, 0.1) is 0 Å². The fraction of sp³-hybridized carbons (Fsp3) is 0.667. The topological polar surface area (TPSA) is 15.3 Å². The third-order valence-electron chi connectivity index (χ3n) is 5.03. The number of hydrogen-bond acceptors (Lipinski definition) is 3. The molecule has 1 N–H and O–H groups in total. The molecular weight excluding hydrogens is 276 g/mol. The van der Waals surface area contributed by atoms with Gasteiger partial charge in [-0.25, -0.2) is 0 Å². The van der Waals surface area contributed by atoms with E-state index < -0.39 is 0 Å². The number of nitrogens with one attached hydrogen (secondary N) is 1. The number of benzene rings is 1. The standard InChI is InChI=1S/C18H28N2S/c1-21-17-10-8-16(9-11-17)19-14-15-6-2-3-7-18(15)20-12-4-5-13-20/h2-3,6-7,16-17,19H,4-5,8-14H2,1H3. The number of nitrogens with zero attached hydrogens (tertiary/aromatic N) is 1. The summed E-state index contributed by atoms with van der Waals surface area (Å²) in [7, 11) is 0. The molecule has 1 saturated heterocycles. The molecule has 2 fully saturated rings. The zero-order chi connectivity index (χ0) is 14.5. The lowest BCUT2D eigenvalue weighted by atomic mass is 9.94. The molecule has 2 nitrogen and oxygen atoms in total. The first-order valence-electron chi connectivity index (χ1n) is 8.46. The van der Waals surface area contributed by atoms with E-state index in [2.05, 4.69) is 40.7 Å². The van der Waals surface area contributed by atoms with E-state index in [9.17, 15) is 0 Å². The lowest BCUT2D eigenvalue weighted by Crippen LogP contribution is -2.34. The van der Waals surface area contributed by atoms with Crippen molar-refractivity contribution in [2.24, 2.45) is 0 Å². The molecule has 1 saturated carbocycles. The average molecular weight is 305 g/mol. The van der Waals surface area contributed by atoms with Gasteiger partial charge in [0, 0.05) is 36.6 Å². The summed E-state index contributed by atoms with van der Waals surface area (Å²) < 4.78 is 0. The summed E-state index contributed by atoms with van der Waals surface area (Å²) >= 11 is 2.05. The highest BCUT2D eigenvalue weighted by molar-refractivity contribution is 7.99. The van der Waals surface area contributed by atoms with Gasteiger partial charge in [-0.3, -0.25) is 0 Å². The van der Waals surface area contributed by atoms with E-state index in [4.69, 9.17) is 0 Å². The van der Waals surface area contributed by atoms with Crippen LogP contribution in [0.4, 0.5) is 5.69 Å². The molecule has 21 heavy (non-hydrogen) atoms. The number of anilines is 1. The fourth-order valence-corrected chi connectivity index (χ4v) is 4.43. The Balaban J connectivity index is 1.55. The molecule has 3 rings (SSSR count). The molecule has 0 radical (unpaired) electrons. The van der Waals surface area contributed by atoms with Crippen LogP contribution in [0, 0.1) is 0 Å². The molecule has 0 atom stereocenters. The first kappa shape index (κ1) is 15.2. The SMILES string of the molecule is CSC1CCC(NCc2ccccc2N2CCCC2)CC1. The summed E-state index contributed by atoms with van der Waals surface area (Å²) in [6, 6.07) is 9.68. The van der Waals surface area contributed by atoms with Crippen molar-refractivity contribution in [3.63, 3.8) is 0 Å². The van der Waals surface area contributed by atoms with Crippen molar-refractivity contribution < 1.29 is 0 Å². The molecule has 1 aliphatic heterocycles. The lowest BCUT2D eigenvalue weighted by molar-refractivity contribution is 0.379. The van der Waals surface area contributed by atoms with Gasteiger partial charge in [0.25, 0.3) is 0 Å². The van der Waals surface area contributed by atoms with Gasteiger partial charge in [-0.15, -0.1) is 0 Å². The molecule has 0 amide bonds. The van der Waals surface area contributed by atoms with Crippen molar-refractivity contribution in [1.29, 1.82) is 0 Å². The van der Waals surface area contributed by atoms with E-state index in [1.165, 1.54) is 62.9 Å². The van der Waals surface area contributed by atoms with Crippen LogP contribution in [0.15, 0.2) is 24.3 Å². The normalized spacial score (nSPS) is 26.2. The quantitative estimate of drug-likeness (QED) is 0.883. The Hall–Kier alpha value is -0.670. The van der Waals surface area contributed by atoms with Gasteiger partial charge in [0.2, 0.25) is 0 Å². The van der Waals surface area contributed by atoms with Crippen molar-refractivity contribution in [2.75, 3.05) is 24.2 Å². The van der Waals surface area contributed by atoms with E-state index in [0.717, 1.165) is 17.8 Å². The monoisotopic (exact) mass is 304 g/mol. The largest absolute Gasteiger partial charge is 0.371 e. The zero-order valence-electron chi connectivity index (χ0n) is 13.2. The molecule has 0 unspecified atom stereocenters. The molecule has 1 aromatic carbocycles. The molecule has 0 spiro atoms. The third kappa shape index (κ3) is 3.95. The molecular formula is C18H28N2S. The molecule has 1 aromatic rings. The van der Waals surface area contributed by atoms with Gasteiger partial charge in [0.15, 0.2) is 0 Å². The first-order valence-corrected chi connectivity index (χ1v) is 9.74. The maximum absolute atomic E-state index is 3.81. The van der Waals surface area contributed by atoms with Crippen LogP contribution in [0.1, 0.15) is 44.1 Å². The Labute approximate surface area is 133 Å². The zero-order valence-corrected chi connectivity index (χ0v) is 14.0. The second kappa shape index (κ2) is 7.55. The van der Waals surface area contributed by atoms with E-state index in [-0.39, 0.29) is 0 Å². The number of para-hydroxylation sites is 1. The molecule has 3 heteroatoms. The van der Waals surface area contributed by atoms with Crippen molar-refractivity contribution >= 4 is 17.4 Å². The van der Waals surface area contributed by atoms with Crippen LogP contribution in [-0.4, -0.2) is 30.6 Å². The van der Waals surface area contributed by atoms with Gasteiger partial charge in [-0.2, -0.15) is 11.8 Å². The maximum Gasteiger partial charge on any atom is 0.0411 e. The van der Waals surface area contributed by atoms with Crippen LogP contribution in [-0.2, 0) is 6.54 Å². The van der Waals surface area contributed by atoms with Crippen LogP contribution in [0.5, 0.6) is 0 Å². The Morgan fingerprint density at radius 2 is 1.81 bits per heavy atom. The predicted octanol–water partition coefficient (Wildman–Crippen LogP) is 4.05. The van der Waals surface area contributed by atoms with Gasteiger partial charge in [-0.1, -0.05) is 18.2 Å². The minimum Gasteiger partial charge on any atom is -0.371 e. The second-order valence-electron chi connectivity index (χ2n) is 6.41. The van der Waals surface area contributed by atoms with Crippen LogP contribution in [0.3, 0.4) is 0 Å². The molecule has 0 aromatic heterocycles. The van der Waals surface area contributed by atoms with Gasteiger partial charge in [-0.05, 0) is 56.4 Å². The van der Waals surface area contributed by atoms with Crippen molar-refractivity contribution in [2.45, 2.75) is 56.4 Å². The summed E-state index contributed by atoms with van der Waals surface area (Å²) in [4.78, 5) is 2.56. The van der Waals surface area contributed by atoms with Crippen molar-refractivity contribution in [1.82, 2.24) is 5.32 Å². The number of hydrogen-bond donors (Lipinski definition) is 1. The van der Waals surface area contributed by atoms with Crippen LogP contribution >= 0.6 is 11.8 Å². The maximum atomic E-state index is 3.81. The lowest BCUT2D eigenvalue weighted by Gasteiger charge is -2.29. The van der Waals surface area contributed by atoms with Gasteiger partial charge < -0.3 is 10.2 Å². The molecule has 2 aliphatic rings. The van der Waals surface area contributed by atoms with Gasteiger partial charge >= 0.3 is 0 Å². The molecule has 0 bridgehead atoms. The Morgan fingerprint density at radius 1 is 1.10 bits per heavy atom. The summed E-state index contributed by atoms with van der Waals surface area (Å²) in [6.45, 7) is 3.49.